The average Bonchev–Trinajstić information content (AvgIpc) is 2.52. The van der Waals surface area contributed by atoms with E-state index < -0.39 is 40.2 Å². The molecule has 0 nitrogen and oxygen atoms in total. The summed E-state index contributed by atoms with van der Waals surface area (Å²) in [6, 6.07) is 10.2. The maximum atomic E-state index is 14.3. The van der Waals surface area contributed by atoms with Crippen LogP contribution in [-0.4, -0.2) is 0 Å². The highest BCUT2D eigenvalue weighted by molar-refractivity contribution is 14.1. The normalized spacial score (nSPS) is 10.9. The van der Waals surface area contributed by atoms with Crippen LogP contribution in [0.25, 0.3) is 22.3 Å². The second-order valence-electron chi connectivity index (χ2n) is 5.08. The van der Waals surface area contributed by atoms with Crippen molar-refractivity contribution in [1.82, 2.24) is 0 Å². The molecule has 3 aromatic carbocycles. The lowest BCUT2D eigenvalue weighted by Gasteiger charge is -2.10. The SMILES string of the molecule is Fc1cc(-c2c(F)cc(-c3ccc(I)cc3)cc2F)cc(F)c1F. The van der Waals surface area contributed by atoms with Gasteiger partial charge in [-0.1, -0.05) is 12.1 Å². The molecule has 0 atom stereocenters. The molecule has 0 radical (unpaired) electrons. The Kier molecular flexibility index (Phi) is 4.58. The Morgan fingerprint density at radius 1 is 0.542 bits per heavy atom. The minimum Gasteiger partial charge on any atom is -0.206 e. The van der Waals surface area contributed by atoms with Gasteiger partial charge in [-0.15, -0.1) is 0 Å². The molecule has 0 heterocycles. The molecular formula is C18H8F5I. The zero-order chi connectivity index (χ0) is 17.4. The van der Waals surface area contributed by atoms with Crippen LogP contribution in [0.2, 0.25) is 0 Å². The fourth-order valence-electron chi connectivity index (χ4n) is 2.36. The van der Waals surface area contributed by atoms with Crippen LogP contribution >= 0.6 is 22.6 Å². The lowest BCUT2D eigenvalue weighted by molar-refractivity contribution is 0.447. The van der Waals surface area contributed by atoms with Crippen molar-refractivity contribution in [2.45, 2.75) is 0 Å². The van der Waals surface area contributed by atoms with Gasteiger partial charge in [0.05, 0.1) is 5.56 Å². The maximum Gasteiger partial charge on any atom is 0.194 e. The van der Waals surface area contributed by atoms with E-state index in [-0.39, 0.29) is 5.56 Å². The second kappa shape index (κ2) is 6.51. The molecule has 24 heavy (non-hydrogen) atoms. The second-order valence-corrected chi connectivity index (χ2v) is 6.32. The fourth-order valence-corrected chi connectivity index (χ4v) is 2.72. The van der Waals surface area contributed by atoms with Gasteiger partial charge in [0.2, 0.25) is 0 Å². The summed E-state index contributed by atoms with van der Waals surface area (Å²) < 4.78 is 69.3. The van der Waals surface area contributed by atoms with Crippen LogP contribution in [0.4, 0.5) is 22.0 Å². The van der Waals surface area contributed by atoms with Crippen LogP contribution in [0, 0.1) is 32.7 Å². The van der Waals surface area contributed by atoms with Crippen molar-refractivity contribution in [1.29, 1.82) is 0 Å². The topological polar surface area (TPSA) is 0 Å². The molecular weight excluding hydrogens is 438 g/mol. The summed E-state index contributed by atoms with van der Waals surface area (Å²) in [6.07, 6.45) is 0. The molecule has 0 aromatic heterocycles. The monoisotopic (exact) mass is 446 g/mol. The highest BCUT2D eigenvalue weighted by Gasteiger charge is 2.18. The molecule has 3 rings (SSSR count). The molecule has 0 saturated carbocycles. The predicted octanol–water partition coefficient (Wildman–Crippen LogP) is 6.32. The molecule has 0 unspecified atom stereocenters. The van der Waals surface area contributed by atoms with Crippen molar-refractivity contribution >= 4 is 22.6 Å². The molecule has 0 N–H and O–H groups in total. The molecule has 122 valence electrons. The number of hydrogen-bond donors (Lipinski definition) is 0. The van der Waals surface area contributed by atoms with E-state index in [9.17, 15) is 22.0 Å². The largest absolute Gasteiger partial charge is 0.206 e. The summed E-state index contributed by atoms with van der Waals surface area (Å²) in [5, 5.41) is 0. The summed E-state index contributed by atoms with van der Waals surface area (Å²) in [4.78, 5) is 0. The van der Waals surface area contributed by atoms with Crippen LogP contribution in [0.5, 0.6) is 0 Å². The van der Waals surface area contributed by atoms with Crippen molar-refractivity contribution in [3.63, 3.8) is 0 Å². The minimum absolute atomic E-state index is 0.285. The van der Waals surface area contributed by atoms with Gasteiger partial charge >= 0.3 is 0 Å². The Labute approximate surface area is 148 Å². The predicted molar refractivity (Wildman–Crippen MR) is 89.8 cm³/mol. The molecule has 0 amide bonds. The Hall–Kier alpha value is -1.96. The first-order chi connectivity index (χ1) is 11.4. The fraction of sp³-hybridized carbons (Fsp3) is 0. The van der Waals surface area contributed by atoms with E-state index >= 15 is 0 Å². The summed E-state index contributed by atoms with van der Waals surface area (Å²) in [6.45, 7) is 0. The Morgan fingerprint density at radius 2 is 1.00 bits per heavy atom. The Morgan fingerprint density at radius 3 is 1.50 bits per heavy atom. The zero-order valence-corrected chi connectivity index (χ0v) is 14.0. The first-order valence-corrected chi connectivity index (χ1v) is 7.84. The van der Waals surface area contributed by atoms with Crippen LogP contribution in [0.15, 0.2) is 48.5 Å². The average molecular weight is 446 g/mol. The van der Waals surface area contributed by atoms with Crippen LogP contribution in [-0.2, 0) is 0 Å². The molecule has 0 aliphatic carbocycles. The van der Waals surface area contributed by atoms with Gasteiger partial charge in [0, 0.05) is 3.57 Å². The van der Waals surface area contributed by atoms with Gasteiger partial charge in [-0.05, 0) is 75.7 Å². The lowest BCUT2D eigenvalue weighted by Crippen LogP contribution is -1.97. The van der Waals surface area contributed by atoms with Crippen LogP contribution < -0.4 is 0 Å². The third-order valence-corrected chi connectivity index (χ3v) is 4.21. The highest BCUT2D eigenvalue weighted by Crippen LogP contribution is 2.32. The molecule has 0 bridgehead atoms. The van der Waals surface area contributed by atoms with Crippen molar-refractivity contribution in [2.24, 2.45) is 0 Å². The van der Waals surface area contributed by atoms with Gasteiger partial charge in [-0.3, -0.25) is 0 Å². The van der Waals surface area contributed by atoms with Crippen LogP contribution in [0.1, 0.15) is 0 Å². The van der Waals surface area contributed by atoms with E-state index in [0.29, 0.717) is 17.7 Å². The number of hydrogen-bond acceptors (Lipinski definition) is 0. The molecule has 3 aromatic rings. The van der Waals surface area contributed by atoms with E-state index in [1.165, 1.54) is 0 Å². The summed E-state index contributed by atoms with van der Waals surface area (Å²) in [5.74, 6) is -6.69. The first kappa shape index (κ1) is 16.9. The third kappa shape index (κ3) is 3.15. The Bertz CT molecular complexity index is 873. The molecule has 0 spiro atoms. The van der Waals surface area contributed by atoms with Gasteiger partial charge in [-0.2, -0.15) is 0 Å². The quantitative estimate of drug-likeness (QED) is 0.246. The van der Waals surface area contributed by atoms with E-state index in [4.69, 9.17) is 0 Å². The van der Waals surface area contributed by atoms with E-state index in [1.54, 1.807) is 24.3 Å². The van der Waals surface area contributed by atoms with Crippen molar-refractivity contribution in [2.75, 3.05) is 0 Å². The van der Waals surface area contributed by atoms with Crippen LogP contribution in [0.3, 0.4) is 0 Å². The number of halogens is 6. The van der Waals surface area contributed by atoms with Crippen molar-refractivity contribution in [3.05, 3.63) is 81.2 Å². The highest BCUT2D eigenvalue weighted by atomic mass is 127. The number of benzene rings is 3. The molecule has 0 saturated heterocycles. The minimum atomic E-state index is -1.69. The Balaban J connectivity index is 2.13. The third-order valence-electron chi connectivity index (χ3n) is 3.49. The zero-order valence-electron chi connectivity index (χ0n) is 11.9. The smallest absolute Gasteiger partial charge is 0.194 e. The van der Waals surface area contributed by atoms with Gasteiger partial charge in [0.15, 0.2) is 17.5 Å². The van der Waals surface area contributed by atoms with Gasteiger partial charge in [-0.25, -0.2) is 22.0 Å². The van der Waals surface area contributed by atoms with E-state index in [2.05, 4.69) is 22.6 Å². The molecule has 0 aliphatic rings. The van der Waals surface area contributed by atoms with Gasteiger partial charge in [0.25, 0.3) is 0 Å². The first-order valence-electron chi connectivity index (χ1n) is 6.76. The van der Waals surface area contributed by atoms with Crippen molar-refractivity contribution < 1.29 is 22.0 Å². The van der Waals surface area contributed by atoms with Gasteiger partial charge in [0.1, 0.15) is 11.6 Å². The summed E-state index contributed by atoms with van der Waals surface area (Å²) in [7, 11) is 0. The molecule has 0 aliphatic heterocycles. The molecule has 6 heteroatoms. The van der Waals surface area contributed by atoms with Gasteiger partial charge < -0.3 is 0 Å². The molecule has 0 fully saturated rings. The number of rotatable bonds is 2. The summed E-state index contributed by atoms with van der Waals surface area (Å²) >= 11 is 2.10. The standard InChI is InChI=1S/C18H8F5I/c19-13-5-10(9-1-3-12(24)4-2-9)6-14(20)17(13)11-7-15(21)18(23)16(22)8-11/h1-8H. The lowest BCUT2D eigenvalue weighted by atomic mass is 9.98. The summed E-state index contributed by atoms with van der Waals surface area (Å²) in [5.41, 5.74) is -0.137. The van der Waals surface area contributed by atoms with E-state index in [1.807, 2.05) is 0 Å². The maximum absolute atomic E-state index is 14.3. The van der Waals surface area contributed by atoms with Crippen molar-refractivity contribution in [3.8, 4) is 22.3 Å². The van der Waals surface area contributed by atoms with E-state index in [0.717, 1.165) is 15.7 Å².